The monoisotopic (exact) mass is 271 g/mol. The fourth-order valence-electron chi connectivity index (χ4n) is 3.01. The molecule has 1 atom stereocenters. The fourth-order valence-corrected chi connectivity index (χ4v) is 3.26. The molecule has 0 aliphatic heterocycles. The van der Waals surface area contributed by atoms with Gasteiger partial charge in [-0.25, -0.2) is 0 Å². The van der Waals surface area contributed by atoms with Gasteiger partial charge < -0.3 is 10.5 Å². The van der Waals surface area contributed by atoms with Gasteiger partial charge in [0.15, 0.2) is 0 Å². The third kappa shape index (κ3) is 2.29. The van der Waals surface area contributed by atoms with Crippen LogP contribution < -0.4 is 5.73 Å². The summed E-state index contributed by atoms with van der Waals surface area (Å²) >= 11 is 6.26. The summed E-state index contributed by atoms with van der Waals surface area (Å²) in [6, 6.07) is -0.0228. The minimum atomic E-state index is -0.175. The van der Waals surface area contributed by atoms with E-state index in [1.165, 1.54) is 12.8 Å². The molecule has 0 amide bonds. The molecule has 0 spiro atoms. The topological polar surface area (TPSA) is 53.1 Å². The molecule has 102 valence electrons. The minimum Gasteiger partial charge on any atom is -0.377 e. The van der Waals surface area contributed by atoms with Crippen LogP contribution in [0, 0.1) is 6.92 Å². The van der Waals surface area contributed by atoms with Crippen molar-refractivity contribution in [2.45, 2.75) is 50.7 Å². The highest BCUT2D eigenvalue weighted by Crippen LogP contribution is 2.36. The van der Waals surface area contributed by atoms with Crippen molar-refractivity contribution in [2.75, 3.05) is 7.11 Å². The lowest BCUT2D eigenvalue weighted by molar-refractivity contribution is -0.0253. The van der Waals surface area contributed by atoms with E-state index >= 15 is 0 Å². The Morgan fingerprint density at radius 3 is 2.56 bits per heavy atom. The van der Waals surface area contributed by atoms with Gasteiger partial charge in [0.05, 0.1) is 11.3 Å². The number of hydrogen-bond donors (Lipinski definition) is 1. The zero-order chi connectivity index (χ0) is 13.3. The first-order valence-electron chi connectivity index (χ1n) is 6.49. The highest BCUT2D eigenvalue weighted by Gasteiger charge is 2.40. The van der Waals surface area contributed by atoms with Crippen LogP contribution in [-0.4, -0.2) is 28.5 Å². The number of ether oxygens (including phenoxy) is 1. The van der Waals surface area contributed by atoms with Crippen LogP contribution in [0.2, 0.25) is 5.15 Å². The van der Waals surface area contributed by atoms with Crippen LogP contribution in [-0.2, 0) is 18.2 Å². The molecule has 1 fully saturated rings. The van der Waals surface area contributed by atoms with Crippen molar-refractivity contribution < 1.29 is 4.74 Å². The normalized spacial score (nSPS) is 20.3. The Kier molecular flexibility index (Phi) is 3.99. The number of nitrogens with two attached hydrogens (primary N) is 1. The maximum atomic E-state index is 6.38. The number of aryl methyl sites for hydroxylation is 2. The van der Waals surface area contributed by atoms with E-state index in [-0.39, 0.29) is 11.6 Å². The number of aromatic nitrogens is 2. The summed E-state index contributed by atoms with van der Waals surface area (Å²) < 4.78 is 7.43. The Morgan fingerprint density at radius 1 is 1.50 bits per heavy atom. The van der Waals surface area contributed by atoms with E-state index in [0.29, 0.717) is 5.15 Å². The second-order valence-corrected chi connectivity index (χ2v) is 5.62. The molecular formula is C13H22ClN3O. The molecule has 2 rings (SSSR count). The van der Waals surface area contributed by atoms with Gasteiger partial charge in [0.2, 0.25) is 0 Å². The average Bonchev–Trinajstić information content (AvgIpc) is 2.91. The second kappa shape index (κ2) is 5.19. The highest BCUT2D eigenvalue weighted by atomic mass is 35.5. The molecule has 1 aliphatic rings. The van der Waals surface area contributed by atoms with Crippen LogP contribution in [0.4, 0.5) is 0 Å². The Labute approximate surface area is 113 Å². The van der Waals surface area contributed by atoms with Gasteiger partial charge in [-0.1, -0.05) is 24.4 Å². The molecule has 1 aliphatic carbocycles. The van der Waals surface area contributed by atoms with E-state index in [1.54, 1.807) is 11.8 Å². The first-order valence-corrected chi connectivity index (χ1v) is 6.86. The largest absolute Gasteiger partial charge is 0.377 e. The molecule has 1 heterocycles. The Hall–Kier alpha value is -0.580. The summed E-state index contributed by atoms with van der Waals surface area (Å²) in [7, 11) is 3.62. The van der Waals surface area contributed by atoms with Crippen molar-refractivity contribution in [3.8, 4) is 0 Å². The molecule has 4 nitrogen and oxygen atoms in total. The zero-order valence-corrected chi connectivity index (χ0v) is 12.1. The van der Waals surface area contributed by atoms with Crippen LogP contribution in [0.3, 0.4) is 0 Å². The summed E-state index contributed by atoms with van der Waals surface area (Å²) in [4.78, 5) is 0. The summed E-state index contributed by atoms with van der Waals surface area (Å²) in [6.07, 6.45) is 5.21. The Bertz CT molecular complexity index is 424. The predicted octanol–water partition coefficient (Wildman–Crippen LogP) is 2.21. The van der Waals surface area contributed by atoms with Gasteiger partial charge in [-0.2, -0.15) is 5.10 Å². The lowest BCUT2D eigenvalue weighted by atomic mass is 9.88. The Balaban J connectivity index is 2.18. The summed E-state index contributed by atoms with van der Waals surface area (Å²) in [5, 5.41) is 5.01. The molecule has 5 heteroatoms. The predicted molar refractivity (Wildman–Crippen MR) is 72.8 cm³/mol. The standard InChI is InChI=1S/C13H22ClN3O/c1-9-10(12(14)17(2)16-9)8-11(15)13(18-3)6-4-5-7-13/h11H,4-8,15H2,1-3H3. The van der Waals surface area contributed by atoms with Crippen molar-refractivity contribution in [3.05, 3.63) is 16.4 Å². The van der Waals surface area contributed by atoms with E-state index in [9.17, 15) is 0 Å². The van der Waals surface area contributed by atoms with E-state index in [0.717, 1.165) is 30.5 Å². The zero-order valence-electron chi connectivity index (χ0n) is 11.4. The van der Waals surface area contributed by atoms with Gasteiger partial charge in [-0.3, -0.25) is 4.68 Å². The van der Waals surface area contributed by atoms with Crippen molar-refractivity contribution >= 4 is 11.6 Å². The smallest absolute Gasteiger partial charge is 0.130 e. The van der Waals surface area contributed by atoms with Crippen molar-refractivity contribution in [1.82, 2.24) is 9.78 Å². The third-order valence-corrected chi connectivity index (χ3v) is 4.70. The molecule has 2 N–H and O–H groups in total. The van der Waals surface area contributed by atoms with Crippen LogP contribution >= 0.6 is 11.6 Å². The van der Waals surface area contributed by atoms with Crippen molar-refractivity contribution in [3.63, 3.8) is 0 Å². The van der Waals surface area contributed by atoms with Gasteiger partial charge in [-0.05, 0) is 26.2 Å². The highest BCUT2D eigenvalue weighted by molar-refractivity contribution is 6.30. The molecular weight excluding hydrogens is 250 g/mol. The summed E-state index contributed by atoms with van der Waals surface area (Å²) in [5.74, 6) is 0. The molecule has 0 saturated heterocycles. The average molecular weight is 272 g/mol. The van der Waals surface area contributed by atoms with Crippen LogP contribution in [0.15, 0.2) is 0 Å². The molecule has 18 heavy (non-hydrogen) atoms. The summed E-state index contributed by atoms with van der Waals surface area (Å²) in [5.41, 5.74) is 8.22. The molecule has 1 saturated carbocycles. The van der Waals surface area contributed by atoms with Gasteiger partial charge in [0.1, 0.15) is 5.15 Å². The van der Waals surface area contributed by atoms with Gasteiger partial charge in [0, 0.05) is 25.8 Å². The van der Waals surface area contributed by atoms with E-state index in [1.807, 2.05) is 14.0 Å². The van der Waals surface area contributed by atoms with Crippen LogP contribution in [0.5, 0.6) is 0 Å². The second-order valence-electron chi connectivity index (χ2n) is 5.27. The molecule has 0 aromatic carbocycles. The molecule has 1 unspecified atom stereocenters. The molecule has 0 radical (unpaired) electrons. The van der Waals surface area contributed by atoms with Crippen molar-refractivity contribution in [1.29, 1.82) is 0 Å². The van der Waals surface area contributed by atoms with E-state index < -0.39 is 0 Å². The number of rotatable bonds is 4. The third-order valence-electron chi connectivity index (χ3n) is 4.23. The van der Waals surface area contributed by atoms with E-state index in [4.69, 9.17) is 22.1 Å². The number of halogens is 1. The lowest BCUT2D eigenvalue weighted by Crippen LogP contribution is -2.48. The number of nitrogens with zero attached hydrogens (tertiary/aromatic N) is 2. The molecule has 1 aromatic rings. The molecule has 0 bridgehead atoms. The van der Waals surface area contributed by atoms with Crippen molar-refractivity contribution in [2.24, 2.45) is 12.8 Å². The maximum absolute atomic E-state index is 6.38. The van der Waals surface area contributed by atoms with Crippen LogP contribution in [0.25, 0.3) is 0 Å². The summed E-state index contributed by atoms with van der Waals surface area (Å²) in [6.45, 7) is 1.97. The first kappa shape index (κ1) is 13.8. The van der Waals surface area contributed by atoms with Gasteiger partial charge >= 0.3 is 0 Å². The number of methoxy groups -OCH3 is 1. The van der Waals surface area contributed by atoms with Crippen LogP contribution in [0.1, 0.15) is 36.9 Å². The SMILES string of the molecule is COC1(C(N)Cc2c(C)nn(C)c2Cl)CCCC1. The quantitative estimate of drug-likeness (QED) is 0.914. The van der Waals surface area contributed by atoms with E-state index in [2.05, 4.69) is 5.10 Å². The first-order chi connectivity index (χ1) is 8.50. The minimum absolute atomic E-state index is 0.0228. The van der Waals surface area contributed by atoms with Gasteiger partial charge in [-0.15, -0.1) is 0 Å². The maximum Gasteiger partial charge on any atom is 0.130 e. The lowest BCUT2D eigenvalue weighted by Gasteiger charge is -2.34. The van der Waals surface area contributed by atoms with Gasteiger partial charge in [0.25, 0.3) is 0 Å². The molecule has 1 aromatic heterocycles. The fraction of sp³-hybridized carbons (Fsp3) is 0.769. The Morgan fingerprint density at radius 2 is 2.11 bits per heavy atom. The number of hydrogen-bond acceptors (Lipinski definition) is 3.